The van der Waals surface area contributed by atoms with Gasteiger partial charge < -0.3 is 5.11 Å². The molecule has 0 aliphatic heterocycles. The van der Waals surface area contributed by atoms with Gasteiger partial charge in [0.05, 0.1) is 5.41 Å². The summed E-state index contributed by atoms with van der Waals surface area (Å²) in [7, 11) is 0. The van der Waals surface area contributed by atoms with Crippen LogP contribution in [0.2, 0.25) is 0 Å². The number of carboxylic acids is 1. The summed E-state index contributed by atoms with van der Waals surface area (Å²) in [6.07, 6.45) is 2.51. The van der Waals surface area contributed by atoms with E-state index in [0.29, 0.717) is 0 Å². The van der Waals surface area contributed by atoms with Crippen molar-refractivity contribution in [2.24, 2.45) is 5.41 Å². The van der Waals surface area contributed by atoms with Gasteiger partial charge in [-0.2, -0.15) is 0 Å². The minimum Gasteiger partial charge on any atom is -0.481 e. The van der Waals surface area contributed by atoms with Gasteiger partial charge in [0.1, 0.15) is 0 Å². The van der Waals surface area contributed by atoms with Crippen molar-refractivity contribution in [3.05, 3.63) is 17.4 Å². The fraction of sp³-hybridized carbons (Fsp3) is 0.600. The Bertz CT molecular complexity index is 230. The van der Waals surface area contributed by atoms with Gasteiger partial charge in [0.15, 0.2) is 0 Å². The van der Waals surface area contributed by atoms with Crippen molar-refractivity contribution in [1.29, 1.82) is 0 Å². The van der Waals surface area contributed by atoms with Crippen molar-refractivity contribution >= 4 is 5.97 Å². The molecular weight excluding hydrogens is 152 g/mol. The predicted molar refractivity (Wildman–Crippen MR) is 49.0 cm³/mol. The molecule has 0 heterocycles. The molecule has 0 amide bonds. The van der Waals surface area contributed by atoms with Gasteiger partial charge in [0.2, 0.25) is 0 Å². The molecule has 0 saturated heterocycles. The molecule has 0 atom stereocenters. The van der Waals surface area contributed by atoms with Crippen molar-refractivity contribution in [2.75, 3.05) is 0 Å². The SMILES string of the molecule is CCC(C)=C=CC(C)(C)C(=O)O. The monoisotopic (exact) mass is 168 g/mol. The zero-order chi connectivity index (χ0) is 9.78. The summed E-state index contributed by atoms with van der Waals surface area (Å²) in [5.41, 5.74) is 3.23. The third-order valence-electron chi connectivity index (χ3n) is 1.76. The summed E-state index contributed by atoms with van der Waals surface area (Å²) < 4.78 is 0. The molecule has 0 rings (SSSR count). The van der Waals surface area contributed by atoms with E-state index in [4.69, 9.17) is 5.11 Å². The van der Waals surface area contributed by atoms with E-state index in [-0.39, 0.29) is 0 Å². The Labute approximate surface area is 73.6 Å². The summed E-state index contributed by atoms with van der Waals surface area (Å²) in [5, 5.41) is 8.75. The van der Waals surface area contributed by atoms with Crippen LogP contribution in [0.25, 0.3) is 0 Å². The van der Waals surface area contributed by atoms with E-state index in [0.717, 1.165) is 12.0 Å². The first-order valence-corrected chi connectivity index (χ1v) is 4.07. The fourth-order valence-electron chi connectivity index (χ4n) is 0.467. The molecule has 0 saturated carbocycles. The quantitative estimate of drug-likeness (QED) is 0.658. The van der Waals surface area contributed by atoms with Crippen molar-refractivity contribution < 1.29 is 9.90 Å². The molecule has 0 aromatic heterocycles. The van der Waals surface area contributed by atoms with Crippen molar-refractivity contribution in [1.82, 2.24) is 0 Å². The molecule has 0 aromatic carbocycles. The number of hydrogen-bond acceptors (Lipinski definition) is 1. The molecule has 1 N–H and O–H groups in total. The molecule has 68 valence electrons. The van der Waals surface area contributed by atoms with Crippen molar-refractivity contribution in [3.63, 3.8) is 0 Å². The zero-order valence-electron chi connectivity index (χ0n) is 8.14. The molecule has 0 fully saturated rings. The van der Waals surface area contributed by atoms with Crippen LogP contribution in [0.1, 0.15) is 34.1 Å². The van der Waals surface area contributed by atoms with Crippen LogP contribution < -0.4 is 0 Å². The number of aliphatic carboxylic acids is 1. The summed E-state index contributed by atoms with van der Waals surface area (Å²) in [5.74, 6) is -0.820. The molecule has 0 bridgehead atoms. The van der Waals surface area contributed by atoms with Crippen LogP contribution in [0.3, 0.4) is 0 Å². The minimum atomic E-state index is -0.820. The summed E-state index contributed by atoms with van der Waals surface area (Å²) in [6.45, 7) is 7.27. The minimum absolute atomic E-state index is 0.809. The second-order valence-corrected chi connectivity index (χ2v) is 3.45. The molecule has 2 nitrogen and oxygen atoms in total. The van der Waals surface area contributed by atoms with Crippen LogP contribution in [0.15, 0.2) is 17.4 Å². The van der Waals surface area contributed by atoms with E-state index in [9.17, 15) is 4.79 Å². The first-order valence-electron chi connectivity index (χ1n) is 4.07. The van der Waals surface area contributed by atoms with E-state index < -0.39 is 11.4 Å². The third-order valence-corrected chi connectivity index (χ3v) is 1.76. The number of rotatable bonds is 3. The van der Waals surface area contributed by atoms with E-state index in [1.54, 1.807) is 19.9 Å². The number of hydrogen-bond donors (Lipinski definition) is 1. The lowest BCUT2D eigenvalue weighted by atomic mass is 9.93. The lowest BCUT2D eigenvalue weighted by Gasteiger charge is -2.11. The third kappa shape index (κ3) is 3.40. The highest BCUT2D eigenvalue weighted by molar-refractivity contribution is 5.75. The maximum atomic E-state index is 10.6. The average Bonchev–Trinajstić information content (AvgIpc) is 2.00. The van der Waals surface area contributed by atoms with Crippen LogP contribution in [0, 0.1) is 5.41 Å². The topological polar surface area (TPSA) is 37.3 Å². The lowest BCUT2D eigenvalue weighted by molar-refractivity contribution is -0.144. The highest BCUT2D eigenvalue weighted by atomic mass is 16.4. The first kappa shape index (κ1) is 11.0. The number of carboxylic acid groups (broad SMARTS) is 1. The van der Waals surface area contributed by atoms with Crippen LogP contribution in [-0.2, 0) is 4.79 Å². The maximum absolute atomic E-state index is 10.6. The van der Waals surface area contributed by atoms with E-state index in [2.05, 4.69) is 5.73 Å². The number of carbonyl (C=O) groups is 1. The van der Waals surface area contributed by atoms with Gasteiger partial charge in [0.25, 0.3) is 0 Å². The van der Waals surface area contributed by atoms with Gasteiger partial charge in [-0.05, 0) is 38.8 Å². The molecule has 0 radical (unpaired) electrons. The lowest BCUT2D eigenvalue weighted by Crippen LogP contribution is -2.20. The zero-order valence-corrected chi connectivity index (χ0v) is 8.14. The maximum Gasteiger partial charge on any atom is 0.313 e. The van der Waals surface area contributed by atoms with Crippen LogP contribution in [0.4, 0.5) is 0 Å². The smallest absolute Gasteiger partial charge is 0.313 e. The largest absolute Gasteiger partial charge is 0.481 e. The van der Waals surface area contributed by atoms with E-state index in [1.165, 1.54) is 0 Å². The molecule has 2 heteroatoms. The van der Waals surface area contributed by atoms with Gasteiger partial charge in [0, 0.05) is 0 Å². The second-order valence-electron chi connectivity index (χ2n) is 3.45. The predicted octanol–water partition coefficient (Wildman–Crippen LogP) is 2.61. The van der Waals surface area contributed by atoms with Crippen molar-refractivity contribution in [2.45, 2.75) is 34.1 Å². The summed E-state index contributed by atoms with van der Waals surface area (Å²) in [6, 6.07) is 0. The van der Waals surface area contributed by atoms with Gasteiger partial charge in [-0.3, -0.25) is 4.79 Å². The summed E-state index contributed by atoms with van der Waals surface area (Å²) >= 11 is 0. The van der Waals surface area contributed by atoms with Gasteiger partial charge in [-0.25, -0.2) is 0 Å². The second kappa shape index (κ2) is 4.13. The fourth-order valence-corrected chi connectivity index (χ4v) is 0.467. The molecule has 0 aliphatic carbocycles. The van der Waals surface area contributed by atoms with Crippen LogP contribution in [0.5, 0.6) is 0 Å². The first-order chi connectivity index (χ1) is 5.40. The molecular formula is C10H16O2. The van der Waals surface area contributed by atoms with E-state index >= 15 is 0 Å². The standard InChI is InChI=1S/C10H16O2/c1-5-8(2)6-7-10(3,4)9(11)12/h7H,5H2,1-4H3,(H,11,12). The van der Waals surface area contributed by atoms with Gasteiger partial charge >= 0.3 is 5.97 Å². The Morgan fingerprint density at radius 3 is 2.42 bits per heavy atom. The van der Waals surface area contributed by atoms with Crippen molar-refractivity contribution in [3.8, 4) is 0 Å². The molecule has 12 heavy (non-hydrogen) atoms. The Morgan fingerprint density at radius 1 is 1.58 bits per heavy atom. The molecule has 0 aliphatic rings. The average molecular weight is 168 g/mol. The highest BCUT2D eigenvalue weighted by Crippen LogP contribution is 2.16. The Kier molecular flexibility index (Phi) is 3.78. The van der Waals surface area contributed by atoms with Crippen LogP contribution >= 0.6 is 0 Å². The van der Waals surface area contributed by atoms with Gasteiger partial charge in [-0.1, -0.05) is 6.92 Å². The normalized spacial score (nSPS) is 10.3. The van der Waals surface area contributed by atoms with E-state index in [1.807, 2.05) is 13.8 Å². The molecule has 0 spiro atoms. The Hall–Kier alpha value is -1.01. The van der Waals surface area contributed by atoms with Crippen LogP contribution in [-0.4, -0.2) is 11.1 Å². The molecule has 0 unspecified atom stereocenters. The highest BCUT2D eigenvalue weighted by Gasteiger charge is 2.22. The Morgan fingerprint density at radius 2 is 2.08 bits per heavy atom. The van der Waals surface area contributed by atoms with Gasteiger partial charge in [-0.15, -0.1) is 5.73 Å². The Balaban J connectivity index is 4.64. The molecule has 0 aromatic rings. The summed E-state index contributed by atoms with van der Waals surface area (Å²) in [4.78, 5) is 10.6.